The van der Waals surface area contributed by atoms with Crippen LogP contribution in [0.15, 0.2) is 60.7 Å². The number of hydrogen-bond acceptors (Lipinski definition) is 4. The normalized spacial score (nSPS) is 12.3. The van der Waals surface area contributed by atoms with E-state index in [9.17, 15) is 19.6 Å². The van der Waals surface area contributed by atoms with Crippen LogP contribution in [0.3, 0.4) is 0 Å². The van der Waals surface area contributed by atoms with Crippen LogP contribution < -0.4 is 10.8 Å². The molecule has 4 rings (SSSR count). The molecular weight excluding hydrogens is 329 g/mol. The molecule has 0 heterocycles. The maximum absolute atomic E-state index is 12.8. The molecule has 0 radical (unpaired) electrons. The molecule has 3 N–H and O–H groups in total. The topological polar surface area (TPSA) is 86.6 Å². The van der Waals surface area contributed by atoms with Gasteiger partial charge in [0.2, 0.25) is 0 Å². The van der Waals surface area contributed by atoms with Crippen LogP contribution in [0, 0.1) is 0 Å². The van der Waals surface area contributed by atoms with Gasteiger partial charge in [0.15, 0.2) is 5.78 Å². The number of anilines is 1. The zero-order valence-corrected chi connectivity index (χ0v) is 13.6. The number of carbonyl (C=O) groups is 2. The number of benzene rings is 3. The molecule has 0 aliphatic heterocycles. The van der Waals surface area contributed by atoms with Crippen LogP contribution in [-0.2, 0) is 0 Å². The zero-order chi connectivity index (χ0) is 18.3. The molecule has 1 amide bonds. The molecule has 0 bridgehead atoms. The molecule has 1 aliphatic carbocycles. The average Bonchev–Trinajstić information content (AvgIpc) is 2.65. The molecule has 6 heteroatoms. The monoisotopic (exact) mass is 343 g/mol. The van der Waals surface area contributed by atoms with E-state index >= 15 is 0 Å². The second-order valence-corrected chi connectivity index (χ2v) is 6.08. The summed E-state index contributed by atoms with van der Waals surface area (Å²) in [5, 5.41) is 22.8. The van der Waals surface area contributed by atoms with E-state index in [1.165, 1.54) is 12.1 Å². The average molecular weight is 343 g/mol. The standard InChI is InChI=1S/C20H14BNO4/c23-18-10-8-12-7-9-16(15-5-2-6-17(18)19(12)15)20(24)22-14-4-1-3-13(11-14)21(25)26/h1-11,25-26H,(H,22,24). The van der Waals surface area contributed by atoms with Crippen molar-refractivity contribution in [3.63, 3.8) is 0 Å². The van der Waals surface area contributed by atoms with E-state index in [1.807, 2.05) is 12.1 Å². The minimum Gasteiger partial charge on any atom is -0.423 e. The lowest BCUT2D eigenvalue weighted by Crippen LogP contribution is -2.30. The van der Waals surface area contributed by atoms with Crippen molar-refractivity contribution in [1.29, 1.82) is 0 Å². The first-order valence-corrected chi connectivity index (χ1v) is 8.10. The van der Waals surface area contributed by atoms with E-state index in [0.29, 0.717) is 22.2 Å². The molecular formula is C20H14BNO4. The second kappa shape index (κ2) is 6.26. The summed E-state index contributed by atoms with van der Waals surface area (Å²) in [6.45, 7) is 0. The third kappa shape index (κ3) is 2.71. The Hall–Kier alpha value is -3.22. The first-order valence-electron chi connectivity index (χ1n) is 8.10. The largest absolute Gasteiger partial charge is 0.488 e. The predicted octanol–water partition coefficient (Wildman–Crippen LogP) is 1.98. The van der Waals surface area contributed by atoms with Crippen molar-refractivity contribution < 1.29 is 19.6 Å². The lowest BCUT2D eigenvalue weighted by atomic mass is 9.80. The Bertz CT molecular complexity index is 1090. The van der Waals surface area contributed by atoms with Gasteiger partial charge in [-0.1, -0.05) is 42.5 Å². The van der Waals surface area contributed by atoms with Crippen molar-refractivity contribution >= 4 is 46.8 Å². The van der Waals surface area contributed by atoms with Gasteiger partial charge in [-0.2, -0.15) is 0 Å². The van der Waals surface area contributed by atoms with Gasteiger partial charge in [-0.05, 0) is 40.7 Å². The molecule has 26 heavy (non-hydrogen) atoms. The third-order valence-electron chi connectivity index (χ3n) is 4.44. The van der Waals surface area contributed by atoms with Crippen LogP contribution in [0.25, 0.3) is 16.8 Å². The van der Waals surface area contributed by atoms with Gasteiger partial charge in [-0.3, -0.25) is 9.59 Å². The first-order chi connectivity index (χ1) is 12.5. The molecule has 0 aromatic heterocycles. The summed E-state index contributed by atoms with van der Waals surface area (Å²) in [6.07, 6.45) is 3.29. The molecule has 3 aromatic carbocycles. The molecule has 0 unspecified atom stereocenters. The summed E-state index contributed by atoms with van der Waals surface area (Å²) >= 11 is 0. The quantitative estimate of drug-likeness (QED) is 0.635. The van der Waals surface area contributed by atoms with Crippen molar-refractivity contribution in [3.8, 4) is 0 Å². The van der Waals surface area contributed by atoms with Gasteiger partial charge in [0, 0.05) is 22.2 Å². The lowest BCUT2D eigenvalue weighted by molar-refractivity contribution is 0.102. The maximum atomic E-state index is 12.8. The number of ketones is 1. The van der Waals surface area contributed by atoms with Crippen LogP contribution >= 0.6 is 0 Å². The zero-order valence-electron chi connectivity index (χ0n) is 13.6. The van der Waals surface area contributed by atoms with Crippen molar-refractivity contribution in [2.75, 3.05) is 5.32 Å². The minimum atomic E-state index is -1.61. The highest BCUT2D eigenvalue weighted by Gasteiger charge is 2.19. The Kier molecular flexibility index (Phi) is 3.91. The van der Waals surface area contributed by atoms with Gasteiger partial charge in [-0.25, -0.2) is 0 Å². The highest BCUT2D eigenvalue weighted by atomic mass is 16.4. The smallest absolute Gasteiger partial charge is 0.423 e. The number of rotatable bonds is 3. The fourth-order valence-corrected chi connectivity index (χ4v) is 3.21. The lowest BCUT2D eigenvalue weighted by Gasteiger charge is -2.15. The number of nitrogens with one attached hydrogen (secondary N) is 1. The molecule has 0 fully saturated rings. The molecule has 3 aromatic rings. The summed E-state index contributed by atoms with van der Waals surface area (Å²) < 4.78 is 0. The molecule has 1 aliphatic rings. The summed E-state index contributed by atoms with van der Waals surface area (Å²) in [7, 11) is -1.61. The fraction of sp³-hybridized carbons (Fsp3) is 0. The number of carbonyl (C=O) groups excluding carboxylic acids is 2. The Morgan fingerprint density at radius 2 is 1.77 bits per heavy atom. The van der Waals surface area contributed by atoms with Gasteiger partial charge in [-0.15, -0.1) is 0 Å². The summed E-state index contributed by atoms with van der Waals surface area (Å²) in [4.78, 5) is 24.9. The van der Waals surface area contributed by atoms with Crippen molar-refractivity contribution in [2.24, 2.45) is 0 Å². The molecule has 0 spiro atoms. The van der Waals surface area contributed by atoms with Gasteiger partial charge in [0.1, 0.15) is 0 Å². The Morgan fingerprint density at radius 1 is 0.962 bits per heavy atom. The first kappa shape index (κ1) is 16.3. The minimum absolute atomic E-state index is 0.0784. The van der Waals surface area contributed by atoms with E-state index in [4.69, 9.17) is 0 Å². The molecule has 0 atom stereocenters. The highest BCUT2D eigenvalue weighted by molar-refractivity contribution is 6.58. The van der Waals surface area contributed by atoms with E-state index in [0.717, 1.165) is 10.9 Å². The van der Waals surface area contributed by atoms with Crippen LogP contribution in [-0.4, -0.2) is 28.9 Å². The van der Waals surface area contributed by atoms with E-state index in [2.05, 4.69) is 5.32 Å². The molecule has 0 saturated heterocycles. The van der Waals surface area contributed by atoms with Crippen LogP contribution in [0.4, 0.5) is 5.69 Å². The predicted molar refractivity (Wildman–Crippen MR) is 102 cm³/mol. The molecule has 0 saturated carbocycles. The van der Waals surface area contributed by atoms with Gasteiger partial charge in [0.25, 0.3) is 5.91 Å². The number of allylic oxidation sites excluding steroid dienone is 1. The Balaban J connectivity index is 1.76. The van der Waals surface area contributed by atoms with Gasteiger partial charge in [0.05, 0.1) is 0 Å². The van der Waals surface area contributed by atoms with Crippen LogP contribution in [0.2, 0.25) is 0 Å². The summed E-state index contributed by atoms with van der Waals surface area (Å²) in [5.74, 6) is -0.412. The highest BCUT2D eigenvalue weighted by Crippen LogP contribution is 2.31. The number of amides is 1. The van der Waals surface area contributed by atoms with Crippen LogP contribution in [0.1, 0.15) is 26.3 Å². The summed E-state index contributed by atoms with van der Waals surface area (Å²) in [5.41, 5.74) is 2.67. The maximum Gasteiger partial charge on any atom is 0.488 e. The van der Waals surface area contributed by atoms with Crippen molar-refractivity contribution in [1.82, 2.24) is 0 Å². The van der Waals surface area contributed by atoms with E-state index < -0.39 is 7.12 Å². The SMILES string of the molecule is O=C(Nc1cccc(B(O)O)c1)c1ccc2c3c(cccc13)C(=O)C=C2. The van der Waals surface area contributed by atoms with Gasteiger partial charge >= 0.3 is 7.12 Å². The fourth-order valence-electron chi connectivity index (χ4n) is 3.21. The van der Waals surface area contributed by atoms with Crippen LogP contribution in [0.5, 0.6) is 0 Å². The van der Waals surface area contributed by atoms with E-state index in [-0.39, 0.29) is 17.2 Å². The Morgan fingerprint density at radius 3 is 2.58 bits per heavy atom. The van der Waals surface area contributed by atoms with E-state index in [1.54, 1.807) is 42.5 Å². The molecule has 126 valence electrons. The van der Waals surface area contributed by atoms with Crippen molar-refractivity contribution in [2.45, 2.75) is 0 Å². The number of hydrogen-bond donors (Lipinski definition) is 3. The summed E-state index contributed by atoms with van der Waals surface area (Å²) in [6, 6.07) is 15.2. The second-order valence-electron chi connectivity index (χ2n) is 6.08. The molecule has 5 nitrogen and oxygen atoms in total. The van der Waals surface area contributed by atoms with Gasteiger partial charge < -0.3 is 15.4 Å². The Labute approximate surface area is 149 Å². The van der Waals surface area contributed by atoms with Crippen molar-refractivity contribution in [3.05, 3.63) is 77.4 Å². The third-order valence-corrected chi connectivity index (χ3v) is 4.44.